The summed E-state index contributed by atoms with van der Waals surface area (Å²) in [4.78, 5) is 11.6. The Morgan fingerprint density at radius 3 is 2.52 bits per heavy atom. The van der Waals surface area contributed by atoms with Crippen molar-refractivity contribution < 1.29 is 22.7 Å². The third-order valence-electron chi connectivity index (χ3n) is 2.54. The van der Waals surface area contributed by atoms with Gasteiger partial charge in [-0.25, -0.2) is 0 Å². The van der Waals surface area contributed by atoms with Crippen LogP contribution in [0.1, 0.15) is 5.56 Å². The summed E-state index contributed by atoms with van der Waals surface area (Å²) in [6, 6.07) is 4.13. The number of alkyl halides is 3. The average molecular weight is 299 g/mol. The van der Waals surface area contributed by atoms with E-state index in [1.54, 1.807) is 13.2 Å². The van der Waals surface area contributed by atoms with E-state index in [0.29, 0.717) is 5.69 Å². The maximum atomic E-state index is 12.4. The molecule has 0 atom stereocenters. The van der Waals surface area contributed by atoms with Gasteiger partial charge in [0.25, 0.3) is 5.91 Å². The Balaban J connectivity index is 1.86. The molecule has 0 aliphatic carbocycles. The number of benzene rings is 1. The van der Waals surface area contributed by atoms with Crippen LogP contribution < -0.4 is 10.1 Å². The van der Waals surface area contributed by atoms with Crippen molar-refractivity contribution in [2.45, 2.75) is 6.18 Å². The first-order valence-electron chi connectivity index (χ1n) is 5.93. The quantitative estimate of drug-likeness (QED) is 0.943. The molecule has 2 rings (SSSR count). The van der Waals surface area contributed by atoms with Gasteiger partial charge in [0.15, 0.2) is 6.61 Å². The lowest BCUT2D eigenvalue weighted by Crippen LogP contribution is -2.19. The standard InChI is InChI=1S/C13H12F3N3O2/c1-19-7-10(6-17-19)18-12(20)8-21-11-4-2-9(3-5-11)13(14,15)16/h2-7H,8H2,1H3,(H,18,20). The van der Waals surface area contributed by atoms with Gasteiger partial charge in [0.2, 0.25) is 0 Å². The number of aromatic nitrogens is 2. The summed E-state index contributed by atoms with van der Waals surface area (Å²) in [7, 11) is 1.70. The first-order valence-corrected chi connectivity index (χ1v) is 5.93. The lowest BCUT2D eigenvalue weighted by molar-refractivity contribution is -0.137. The van der Waals surface area contributed by atoms with Gasteiger partial charge < -0.3 is 10.1 Å². The Morgan fingerprint density at radius 1 is 1.33 bits per heavy atom. The molecule has 0 aliphatic heterocycles. The van der Waals surface area contributed by atoms with Gasteiger partial charge in [0.1, 0.15) is 5.75 Å². The van der Waals surface area contributed by atoms with Gasteiger partial charge in [-0.2, -0.15) is 18.3 Å². The summed E-state index contributed by atoms with van der Waals surface area (Å²) in [6.45, 7) is -0.305. The van der Waals surface area contributed by atoms with Crippen LogP contribution in [-0.2, 0) is 18.0 Å². The predicted octanol–water partition coefficient (Wildman–Crippen LogP) is 2.46. The van der Waals surface area contributed by atoms with Crippen LogP contribution in [0, 0.1) is 0 Å². The third-order valence-corrected chi connectivity index (χ3v) is 2.54. The number of hydrogen-bond acceptors (Lipinski definition) is 3. The van der Waals surface area contributed by atoms with Crippen LogP contribution in [-0.4, -0.2) is 22.3 Å². The molecule has 0 bridgehead atoms. The number of carbonyl (C=O) groups is 1. The summed E-state index contributed by atoms with van der Waals surface area (Å²) < 4.78 is 43.7. The summed E-state index contributed by atoms with van der Waals surface area (Å²) in [5.74, 6) is -0.243. The summed E-state index contributed by atoms with van der Waals surface area (Å²) in [5.41, 5.74) is -0.256. The first-order chi connectivity index (χ1) is 9.84. The number of hydrogen-bond donors (Lipinski definition) is 1. The highest BCUT2D eigenvalue weighted by Gasteiger charge is 2.30. The summed E-state index contributed by atoms with van der Waals surface area (Å²) in [5, 5.41) is 6.42. The maximum absolute atomic E-state index is 12.4. The molecule has 8 heteroatoms. The van der Waals surface area contributed by atoms with Gasteiger partial charge in [-0.05, 0) is 24.3 Å². The van der Waals surface area contributed by atoms with Crippen LogP contribution in [0.15, 0.2) is 36.7 Å². The Labute approximate surface area is 118 Å². The zero-order chi connectivity index (χ0) is 15.5. The number of anilines is 1. The molecule has 0 fully saturated rings. The highest BCUT2D eigenvalue weighted by molar-refractivity contribution is 5.91. The van der Waals surface area contributed by atoms with Crippen LogP contribution in [0.5, 0.6) is 5.75 Å². The molecule has 0 aliphatic rings. The van der Waals surface area contributed by atoms with Gasteiger partial charge in [-0.3, -0.25) is 9.48 Å². The fourth-order valence-corrected chi connectivity index (χ4v) is 1.57. The van der Waals surface area contributed by atoms with Crippen molar-refractivity contribution in [1.82, 2.24) is 9.78 Å². The Kier molecular flexibility index (Phi) is 4.15. The molecule has 1 aromatic carbocycles. The monoisotopic (exact) mass is 299 g/mol. The van der Waals surface area contributed by atoms with Crippen LogP contribution >= 0.6 is 0 Å². The van der Waals surface area contributed by atoms with E-state index in [2.05, 4.69) is 10.4 Å². The molecule has 1 heterocycles. The van der Waals surface area contributed by atoms with E-state index in [-0.39, 0.29) is 12.4 Å². The number of carbonyl (C=O) groups excluding carboxylic acids is 1. The molecule has 1 aromatic heterocycles. The van der Waals surface area contributed by atoms with E-state index in [1.165, 1.54) is 23.0 Å². The van der Waals surface area contributed by atoms with Gasteiger partial charge in [-0.15, -0.1) is 0 Å². The summed E-state index contributed by atoms with van der Waals surface area (Å²) in [6.07, 6.45) is -1.32. The number of ether oxygens (including phenoxy) is 1. The van der Waals surface area contributed by atoms with E-state index in [0.717, 1.165) is 12.1 Å². The second kappa shape index (κ2) is 5.86. The second-order valence-electron chi connectivity index (χ2n) is 4.26. The second-order valence-corrected chi connectivity index (χ2v) is 4.26. The van der Waals surface area contributed by atoms with Crippen LogP contribution in [0.2, 0.25) is 0 Å². The number of amides is 1. The third kappa shape index (κ3) is 4.23. The number of nitrogens with zero attached hydrogens (tertiary/aromatic N) is 2. The normalized spacial score (nSPS) is 11.2. The first kappa shape index (κ1) is 14.9. The van der Waals surface area contributed by atoms with Crippen molar-refractivity contribution in [2.75, 3.05) is 11.9 Å². The minimum atomic E-state index is -4.39. The molecule has 21 heavy (non-hydrogen) atoms. The topological polar surface area (TPSA) is 56.2 Å². The molecular weight excluding hydrogens is 287 g/mol. The minimum absolute atomic E-state index is 0.185. The van der Waals surface area contributed by atoms with Gasteiger partial charge in [0.05, 0.1) is 17.4 Å². The molecule has 2 aromatic rings. The zero-order valence-corrected chi connectivity index (χ0v) is 11.0. The SMILES string of the molecule is Cn1cc(NC(=O)COc2ccc(C(F)(F)F)cc2)cn1. The van der Waals surface area contributed by atoms with E-state index >= 15 is 0 Å². The van der Waals surface area contributed by atoms with E-state index in [1.807, 2.05) is 0 Å². The van der Waals surface area contributed by atoms with Crippen molar-refractivity contribution in [1.29, 1.82) is 0 Å². The van der Waals surface area contributed by atoms with Crippen molar-refractivity contribution in [3.63, 3.8) is 0 Å². The smallest absolute Gasteiger partial charge is 0.416 e. The fourth-order valence-electron chi connectivity index (χ4n) is 1.57. The van der Waals surface area contributed by atoms with Gasteiger partial charge >= 0.3 is 6.18 Å². The lowest BCUT2D eigenvalue weighted by atomic mass is 10.2. The molecule has 0 spiro atoms. The van der Waals surface area contributed by atoms with Gasteiger partial charge in [-0.1, -0.05) is 0 Å². The molecule has 0 saturated heterocycles. The minimum Gasteiger partial charge on any atom is -0.484 e. The van der Waals surface area contributed by atoms with Crippen LogP contribution in [0.4, 0.5) is 18.9 Å². The zero-order valence-electron chi connectivity index (χ0n) is 11.0. The van der Waals surface area contributed by atoms with Crippen molar-refractivity contribution in [2.24, 2.45) is 7.05 Å². The lowest BCUT2D eigenvalue weighted by Gasteiger charge is -2.09. The van der Waals surface area contributed by atoms with E-state index in [4.69, 9.17) is 4.74 Å². The molecule has 0 unspecified atom stereocenters. The van der Waals surface area contributed by atoms with Crippen molar-refractivity contribution >= 4 is 11.6 Å². The van der Waals surface area contributed by atoms with Crippen molar-refractivity contribution in [3.8, 4) is 5.75 Å². The summed E-state index contributed by atoms with van der Waals surface area (Å²) >= 11 is 0. The van der Waals surface area contributed by atoms with E-state index in [9.17, 15) is 18.0 Å². The highest BCUT2D eigenvalue weighted by atomic mass is 19.4. The number of rotatable bonds is 4. The number of halogens is 3. The fraction of sp³-hybridized carbons (Fsp3) is 0.231. The molecule has 5 nitrogen and oxygen atoms in total. The molecule has 1 amide bonds. The highest BCUT2D eigenvalue weighted by Crippen LogP contribution is 2.30. The molecule has 112 valence electrons. The number of nitrogens with one attached hydrogen (secondary N) is 1. The van der Waals surface area contributed by atoms with Crippen LogP contribution in [0.3, 0.4) is 0 Å². The Hall–Kier alpha value is -2.51. The largest absolute Gasteiger partial charge is 0.484 e. The molecular formula is C13H12F3N3O2. The van der Waals surface area contributed by atoms with Gasteiger partial charge in [0, 0.05) is 13.2 Å². The predicted molar refractivity (Wildman–Crippen MR) is 68.8 cm³/mol. The van der Waals surface area contributed by atoms with E-state index < -0.39 is 17.6 Å². The molecule has 0 saturated carbocycles. The molecule has 0 radical (unpaired) electrons. The Morgan fingerprint density at radius 2 is 2.00 bits per heavy atom. The maximum Gasteiger partial charge on any atom is 0.416 e. The van der Waals surface area contributed by atoms with Crippen LogP contribution in [0.25, 0.3) is 0 Å². The molecule has 1 N–H and O–H groups in total. The average Bonchev–Trinajstić information content (AvgIpc) is 2.81. The van der Waals surface area contributed by atoms with Crippen molar-refractivity contribution in [3.05, 3.63) is 42.2 Å². The number of aryl methyl sites for hydroxylation is 1. The Bertz CT molecular complexity index is 620.